The fraction of sp³-hybridized carbons (Fsp3) is 0.136. The zero-order valence-electron chi connectivity index (χ0n) is 15.6. The van der Waals surface area contributed by atoms with Crippen LogP contribution in [-0.4, -0.2) is 21.0 Å². The molecule has 28 heavy (non-hydrogen) atoms. The number of nitrogens with zero attached hydrogens (tertiary/aromatic N) is 2. The van der Waals surface area contributed by atoms with Crippen molar-refractivity contribution in [2.75, 3.05) is 5.32 Å². The van der Waals surface area contributed by atoms with Gasteiger partial charge in [-0.1, -0.05) is 37.3 Å². The summed E-state index contributed by atoms with van der Waals surface area (Å²) in [7, 11) is 0. The molecule has 0 aliphatic rings. The number of thiophene rings is 1. The molecule has 0 aliphatic heterocycles. The van der Waals surface area contributed by atoms with Gasteiger partial charge in [-0.15, -0.1) is 11.3 Å². The Bertz CT molecular complexity index is 1170. The summed E-state index contributed by atoms with van der Waals surface area (Å²) in [6, 6.07) is 13.5. The van der Waals surface area contributed by atoms with Gasteiger partial charge >= 0.3 is 5.97 Å². The van der Waals surface area contributed by atoms with Gasteiger partial charge in [0.2, 0.25) is 0 Å². The number of hydrogen-bond donors (Lipinski definition) is 2. The summed E-state index contributed by atoms with van der Waals surface area (Å²) in [5, 5.41) is 15.6. The van der Waals surface area contributed by atoms with Gasteiger partial charge in [-0.2, -0.15) is 0 Å². The molecule has 0 spiro atoms. The van der Waals surface area contributed by atoms with Crippen LogP contribution in [0.5, 0.6) is 0 Å². The summed E-state index contributed by atoms with van der Waals surface area (Å²) < 4.78 is 0. The van der Waals surface area contributed by atoms with Crippen molar-refractivity contribution in [2.24, 2.45) is 0 Å². The summed E-state index contributed by atoms with van der Waals surface area (Å²) in [5.41, 5.74) is 5.37. The number of rotatable bonds is 5. The zero-order chi connectivity index (χ0) is 19.7. The molecule has 0 amide bonds. The molecule has 0 atom stereocenters. The van der Waals surface area contributed by atoms with E-state index in [2.05, 4.69) is 51.9 Å². The van der Waals surface area contributed by atoms with Crippen molar-refractivity contribution in [2.45, 2.75) is 20.3 Å². The van der Waals surface area contributed by atoms with Crippen LogP contribution < -0.4 is 5.32 Å². The second-order valence-electron chi connectivity index (χ2n) is 6.56. The van der Waals surface area contributed by atoms with Crippen molar-refractivity contribution in [1.29, 1.82) is 0 Å². The zero-order valence-corrected chi connectivity index (χ0v) is 16.4. The van der Waals surface area contributed by atoms with Crippen molar-refractivity contribution < 1.29 is 9.90 Å². The summed E-state index contributed by atoms with van der Waals surface area (Å²) in [6.07, 6.45) is 2.53. The summed E-state index contributed by atoms with van der Waals surface area (Å²) in [4.78, 5) is 21.1. The standard InChI is InChI=1S/C22H19N3O2S/c1-3-14-5-8-15(9-6-14)17-11-28-21-19(17)20(23-12-24-21)25-18-10-16(22(26)27)7-4-13(18)2/h4-12H,3H2,1-2H3,(H,26,27)(H,23,24,25). The van der Waals surface area contributed by atoms with Crippen molar-refractivity contribution in [3.8, 4) is 11.1 Å². The SMILES string of the molecule is CCc1ccc(-c2csc3ncnc(Nc4cc(C(=O)O)ccc4C)c23)cc1. The molecule has 2 aromatic heterocycles. The first-order valence-electron chi connectivity index (χ1n) is 8.99. The van der Waals surface area contributed by atoms with Gasteiger partial charge in [0, 0.05) is 16.6 Å². The Labute approximate surface area is 166 Å². The van der Waals surface area contributed by atoms with Gasteiger partial charge in [0.15, 0.2) is 0 Å². The Morgan fingerprint density at radius 1 is 1.14 bits per heavy atom. The molecule has 0 aliphatic carbocycles. The number of benzene rings is 2. The molecule has 4 rings (SSSR count). The van der Waals surface area contributed by atoms with Crippen LogP contribution in [-0.2, 0) is 6.42 Å². The van der Waals surface area contributed by atoms with Crippen molar-refractivity contribution in [1.82, 2.24) is 9.97 Å². The lowest BCUT2D eigenvalue weighted by Gasteiger charge is -2.12. The van der Waals surface area contributed by atoms with E-state index < -0.39 is 5.97 Å². The van der Waals surface area contributed by atoms with E-state index in [1.165, 1.54) is 11.9 Å². The highest BCUT2D eigenvalue weighted by Crippen LogP contribution is 2.38. The van der Waals surface area contributed by atoms with E-state index in [4.69, 9.17) is 0 Å². The molecule has 0 unspecified atom stereocenters. The molecule has 6 heteroatoms. The second-order valence-corrected chi connectivity index (χ2v) is 7.42. The number of aromatic carboxylic acids is 1. The van der Waals surface area contributed by atoms with Crippen molar-refractivity contribution >= 4 is 39.0 Å². The molecule has 4 aromatic rings. The Kier molecular flexibility index (Phi) is 4.79. The smallest absolute Gasteiger partial charge is 0.335 e. The molecule has 140 valence electrons. The molecule has 5 nitrogen and oxygen atoms in total. The van der Waals surface area contributed by atoms with E-state index in [-0.39, 0.29) is 5.56 Å². The van der Waals surface area contributed by atoms with Crippen LogP contribution >= 0.6 is 11.3 Å². The highest BCUT2D eigenvalue weighted by Gasteiger charge is 2.15. The molecule has 0 saturated heterocycles. The number of hydrogen-bond acceptors (Lipinski definition) is 5. The Morgan fingerprint density at radius 2 is 1.93 bits per heavy atom. The van der Waals surface area contributed by atoms with Crippen LogP contribution in [0, 0.1) is 6.92 Å². The molecule has 0 bridgehead atoms. The van der Waals surface area contributed by atoms with Crippen LogP contribution in [0.3, 0.4) is 0 Å². The van der Waals surface area contributed by atoms with Crippen LogP contribution in [0.4, 0.5) is 11.5 Å². The first kappa shape index (κ1) is 18.1. The predicted octanol–water partition coefficient (Wildman–Crippen LogP) is 5.67. The first-order valence-corrected chi connectivity index (χ1v) is 9.87. The van der Waals surface area contributed by atoms with Gasteiger partial charge in [0.25, 0.3) is 0 Å². The van der Waals surface area contributed by atoms with Gasteiger partial charge in [-0.25, -0.2) is 14.8 Å². The van der Waals surface area contributed by atoms with Gasteiger partial charge in [-0.3, -0.25) is 0 Å². The molecule has 0 radical (unpaired) electrons. The highest BCUT2D eigenvalue weighted by molar-refractivity contribution is 7.17. The normalized spacial score (nSPS) is 10.9. The maximum Gasteiger partial charge on any atom is 0.335 e. The third kappa shape index (κ3) is 3.34. The molecule has 2 aromatic carbocycles. The Morgan fingerprint density at radius 3 is 2.64 bits per heavy atom. The summed E-state index contributed by atoms with van der Waals surface area (Å²) in [6.45, 7) is 4.07. The quantitative estimate of drug-likeness (QED) is 0.460. The van der Waals surface area contributed by atoms with Crippen molar-refractivity contribution in [3.63, 3.8) is 0 Å². The van der Waals surface area contributed by atoms with E-state index in [1.54, 1.807) is 29.5 Å². The third-order valence-electron chi connectivity index (χ3n) is 4.78. The predicted molar refractivity (Wildman–Crippen MR) is 114 cm³/mol. The Hall–Kier alpha value is -3.25. The monoisotopic (exact) mass is 389 g/mol. The van der Waals surface area contributed by atoms with Gasteiger partial charge in [-0.05, 0) is 42.2 Å². The van der Waals surface area contributed by atoms with Crippen LogP contribution in [0.2, 0.25) is 0 Å². The van der Waals surface area contributed by atoms with E-state index in [1.807, 2.05) is 6.92 Å². The van der Waals surface area contributed by atoms with E-state index in [0.29, 0.717) is 5.82 Å². The largest absolute Gasteiger partial charge is 0.478 e. The maximum atomic E-state index is 11.3. The number of carboxylic acids is 1. The fourth-order valence-electron chi connectivity index (χ4n) is 3.12. The number of anilines is 2. The number of nitrogens with one attached hydrogen (secondary N) is 1. The molecule has 2 N–H and O–H groups in total. The maximum absolute atomic E-state index is 11.3. The number of aromatic nitrogens is 2. The van der Waals surface area contributed by atoms with E-state index >= 15 is 0 Å². The molecule has 0 saturated carbocycles. The van der Waals surface area contributed by atoms with Crippen LogP contribution in [0.15, 0.2) is 54.2 Å². The second kappa shape index (κ2) is 7.40. The van der Waals surface area contributed by atoms with Gasteiger partial charge in [0.1, 0.15) is 17.0 Å². The first-order chi connectivity index (χ1) is 13.6. The minimum Gasteiger partial charge on any atom is -0.478 e. The van der Waals surface area contributed by atoms with E-state index in [0.717, 1.165) is 39.0 Å². The van der Waals surface area contributed by atoms with Crippen LogP contribution in [0.1, 0.15) is 28.4 Å². The molecule has 0 fully saturated rings. The van der Waals surface area contributed by atoms with Crippen molar-refractivity contribution in [3.05, 3.63) is 70.9 Å². The minimum atomic E-state index is -0.955. The van der Waals surface area contributed by atoms with Gasteiger partial charge in [0.05, 0.1) is 10.9 Å². The number of carbonyl (C=O) groups is 1. The number of aryl methyl sites for hydroxylation is 2. The third-order valence-corrected chi connectivity index (χ3v) is 5.67. The number of carboxylic acid groups (broad SMARTS) is 1. The molecular weight excluding hydrogens is 370 g/mol. The summed E-state index contributed by atoms with van der Waals surface area (Å²) in [5.74, 6) is -0.283. The van der Waals surface area contributed by atoms with Crippen LogP contribution in [0.25, 0.3) is 21.3 Å². The lowest BCUT2D eigenvalue weighted by Crippen LogP contribution is -2.01. The average molecular weight is 389 g/mol. The Balaban J connectivity index is 1.81. The molecular formula is C22H19N3O2S. The average Bonchev–Trinajstić information content (AvgIpc) is 3.14. The van der Waals surface area contributed by atoms with Gasteiger partial charge < -0.3 is 10.4 Å². The lowest BCUT2D eigenvalue weighted by atomic mass is 10.0. The van der Waals surface area contributed by atoms with E-state index in [9.17, 15) is 9.90 Å². The number of fused-ring (bicyclic) bond motifs is 1. The summed E-state index contributed by atoms with van der Waals surface area (Å²) >= 11 is 1.57. The highest BCUT2D eigenvalue weighted by atomic mass is 32.1. The fourth-order valence-corrected chi connectivity index (χ4v) is 4.04. The topological polar surface area (TPSA) is 75.1 Å². The minimum absolute atomic E-state index is 0.235. The lowest BCUT2D eigenvalue weighted by molar-refractivity contribution is 0.0697. The molecule has 2 heterocycles.